The van der Waals surface area contributed by atoms with E-state index in [4.69, 9.17) is 0 Å². The molecule has 0 bridgehead atoms. The second-order valence-electron chi connectivity index (χ2n) is 4.99. The third kappa shape index (κ3) is 2.38. The van der Waals surface area contributed by atoms with E-state index in [1.165, 1.54) is 32.1 Å². The molecule has 0 spiro atoms. The zero-order valence-corrected chi connectivity index (χ0v) is 11.1. The van der Waals surface area contributed by atoms with Gasteiger partial charge in [0.1, 0.15) is 0 Å². The molecule has 0 aromatic rings. The molecule has 0 aromatic heterocycles. The molecular formula is C14H23NS. The van der Waals surface area contributed by atoms with Crippen LogP contribution < -0.4 is 5.32 Å². The van der Waals surface area contributed by atoms with Crippen LogP contribution in [0.4, 0.5) is 0 Å². The Morgan fingerprint density at radius 3 is 2.62 bits per heavy atom. The van der Waals surface area contributed by atoms with Gasteiger partial charge in [-0.1, -0.05) is 37.5 Å². The summed E-state index contributed by atoms with van der Waals surface area (Å²) in [5.74, 6) is 0.762. The molecular weight excluding hydrogens is 214 g/mol. The van der Waals surface area contributed by atoms with Crippen molar-refractivity contribution in [2.45, 2.75) is 42.9 Å². The van der Waals surface area contributed by atoms with Crippen molar-refractivity contribution in [3.05, 3.63) is 24.8 Å². The highest BCUT2D eigenvalue weighted by Gasteiger charge is 2.36. The molecule has 16 heavy (non-hydrogen) atoms. The van der Waals surface area contributed by atoms with Gasteiger partial charge in [-0.15, -0.1) is 6.58 Å². The lowest BCUT2D eigenvalue weighted by Gasteiger charge is -2.42. The maximum atomic E-state index is 4.06. The molecule has 1 N–H and O–H groups in total. The van der Waals surface area contributed by atoms with E-state index in [9.17, 15) is 0 Å². The number of thioether (sulfide) groups is 1. The Bertz CT molecular complexity index is 268. The van der Waals surface area contributed by atoms with E-state index in [0.29, 0.717) is 5.25 Å². The van der Waals surface area contributed by atoms with Crippen LogP contribution in [0.3, 0.4) is 0 Å². The van der Waals surface area contributed by atoms with Gasteiger partial charge in [0.25, 0.3) is 0 Å². The first kappa shape index (κ1) is 12.3. The van der Waals surface area contributed by atoms with Gasteiger partial charge in [0.15, 0.2) is 0 Å². The van der Waals surface area contributed by atoms with E-state index in [0.717, 1.165) is 12.5 Å². The van der Waals surface area contributed by atoms with Crippen molar-refractivity contribution < 1.29 is 0 Å². The van der Waals surface area contributed by atoms with Crippen LogP contribution in [0, 0.1) is 5.92 Å². The lowest BCUT2D eigenvalue weighted by molar-refractivity contribution is 0.243. The van der Waals surface area contributed by atoms with Gasteiger partial charge in [-0.3, -0.25) is 0 Å². The maximum Gasteiger partial charge on any atom is 0.0576 e. The number of rotatable bonds is 3. The Kier molecular flexibility index (Phi) is 4.15. The average molecular weight is 237 g/mol. The van der Waals surface area contributed by atoms with Gasteiger partial charge in [-0.05, 0) is 25.0 Å². The van der Waals surface area contributed by atoms with Crippen molar-refractivity contribution in [2.24, 2.45) is 5.92 Å². The van der Waals surface area contributed by atoms with Gasteiger partial charge in [0.05, 0.1) is 5.54 Å². The number of nitrogens with one attached hydrogen (secondary N) is 1. The summed E-state index contributed by atoms with van der Waals surface area (Å²) in [6, 6.07) is 0. The fourth-order valence-corrected chi connectivity index (χ4v) is 3.49. The van der Waals surface area contributed by atoms with Crippen molar-refractivity contribution in [1.82, 2.24) is 5.32 Å². The summed E-state index contributed by atoms with van der Waals surface area (Å²) in [5, 5.41) is 4.36. The largest absolute Gasteiger partial charge is 0.303 e. The zero-order chi connectivity index (χ0) is 11.4. The zero-order valence-electron chi connectivity index (χ0n) is 10.2. The molecule has 1 aliphatic carbocycles. The molecule has 0 amide bonds. The lowest BCUT2D eigenvalue weighted by Crippen LogP contribution is -2.53. The van der Waals surface area contributed by atoms with Crippen LogP contribution in [0.25, 0.3) is 0 Å². The fraction of sp³-hybridized carbons (Fsp3) is 0.714. The predicted molar refractivity (Wildman–Crippen MR) is 73.9 cm³/mol. The summed E-state index contributed by atoms with van der Waals surface area (Å²) in [6.07, 6.45) is 16.0. The maximum absolute atomic E-state index is 4.06. The van der Waals surface area contributed by atoms with Crippen molar-refractivity contribution >= 4 is 11.8 Å². The second kappa shape index (κ2) is 5.42. The third-order valence-corrected chi connectivity index (χ3v) is 5.05. The molecule has 0 aromatic carbocycles. The highest BCUT2D eigenvalue weighted by Crippen LogP contribution is 2.36. The Morgan fingerprint density at radius 1 is 1.38 bits per heavy atom. The topological polar surface area (TPSA) is 12.0 Å². The van der Waals surface area contributed by atoms with Crippen LogP contribution >= 0.6 is 11.8 Å². The minimum absolute atomic E-state index is 0.0899. The molecule has 90 valence electrons. The molecule has 0 saturated heterocycles. The van der Waals surface area contributed by atoms with Crippen molar-refractivity contribution in [1.29, 1.82) is 0 Å². The molecule has 1 aliphatic heterocycles. The Labute approximate surface area is 104 Å². The molecule has 2 unspecified atom stereocenters. The summed E-state index contributed by atoms with van der Waals surface area (Å²) in [7, 11) is 0. The highest BCUT2D eigenvalue weighted by atomic mass is 32.2. The van der Waals surface area contributed by atoms with Gasteiger partial charge in [-0.25, -0.2) is 0 Å². The van der Waals surface area contributed by atoms with Crippen LogP contribution in [-0.2, 0) is 0 Å². The minimum atomic E-state index is 0.0899. The molecule has 2 aliphatic rings. The second-order valence-corrected chi connectivity index (χ2v) is 6.06. The standard InChI is InChI=1S/C14H23NS/c1-3-14(12-7-5-4-6-8-12)10-9-13(16-2)11-15-14/h3,9-10,12-13,15H,1,4-8,11H2,2H3. The smallest absolute Gasteiger partial charge is 0.0576 e. The first-order chi connectivity index (χ1) is 7.80. The van der Waals surface area contributed by atoms with Gasteiger partial charge < -0.3 is 5.32 Å². The SMILES string of the molecule is C=CC1(C2CCCCC2)C=CC(SC)CN1. The summed E-state index contributed by atoms with van der Waals surface area (Å²) in [5.41, 5.74) is 0.0899. The number of hydrogen-bond acceptors (Lipinski definition) is 2. The van der Waals surface area contributed by atoms with E-state index in [1.807, 2.05) is 11.8 Å². The molecule has 2 heteroatoms. The van der Waals surface area contributed by atoms with E-state index in [-0.39, 0.29) is 5.54 Å². The molecule has 1 nitrogen and oxygen atoms in total. The Morgan fingerprint density at radius 2 is 2.12 bits per heavy atom. The van der Waals surface area contributed by atoms with Crippen LogP contribution in [0.1, 0.15) is 32.1 Å². The molecule has 2 rings (SSSR count). The summed E-state index contributed by atoms with van der Waals surface area (Å²) in [6.45, 7) is 5.15. The van der Waals surface area contributed by atoms with E-state index in [2.05, 4.69) is 36.4 Å². The normalized spacial score (nSPS) is 36.2. The van der Waals surface area contributed by atoms with E-state index in [1.54, 1.807) is 0 Å². The van der Waals surface area contributed by atoms with Crippen LogP contribution in [0.5, 0.6) is 0 Å². The van der Waals surface area contributed by atoms with Crippen molar-refractivity contribution in [3.63, 3.8) is 0 Å². The summed E-state index contributed by atoms with van der Waals surface area (Å²) < 4.78 is 0. The molecule has 1 heterocycles. The van der Waals surface area contributed by atoms with Crippen LogP contribution in [0.15, 0.2) is 24.8 Å². The lowest BCUT2D eigenvalue weighted by atomic mass is 9.73. The molecule has 1 saturated carbocycles. The van der Waals surface area contributed by atoms with Crippen molar-refractivity contribution in [3.8, 4) is 0 Å². The quantitative estimate of drug-likeness (QED) is 0.755. The number of hydrogen-bond donors (Lipinski definition) is 1. The van der Waals surface area contributed by atoms with Gasteiger partial charge >= 0.3 is 0 Å². The van der Waals surface area contributed by atoms with E-state index >= 15 is 0 Å². The van der Waals surface area contributed by atoms with Gasteiger partial charge in [0, 0.05) is 11.8 Å². The molecule has 1 fully saturated rings. The summed E-state index contributed by atoms with van der Waals surface area (Å²) in [4.78, 5) is 0. The Balaban J connectivity index is 2.10. The van der Waals surface area contributed by atoms with Crippen molar-refractivity contribution in [2.75, 3.05) is 12.8 Å². The fourth-order valence-electron chi connectivity index (χ4n) is 3.00. The summed E-state index contributed by atoms with van der Waals surface area (Å²) >= 11 is 1.92. The monoisotopic (exact) mass is 237 g/mol. The van der Waals surface area contributed by atoms with Crippen LogP contribution in [0.2, 0.25) is 0 Å². The highest BCUT2D eigenvalue weighted by molar-refractivity contribution is 7.99. The van der Waals surface area contributed by atoms with Gasteiger partial charge in [-0.2, -0.15) is 11.8 Å². The predicted octanol–water partition coefficient (Wildman–Crippen LogP) is 3.38. The third-order valence-electron chi connectivity index (χ3n) is 4.12. The Hall–Kier alpha value is -0.210. The van der Waals surface area contributed by atoms with Gasteiger partial charge in [0.2, 0.25) is 0 Å². The van der Waals surface area contributed by atoms with E-state index < -0.39 is 0 Å². The first-order valence-electron chi connectivity index (χ1n) is 6.41. The molecule has 2 atom stereocenters. The minimum Gasteiger partial charge on any atom is -0.303 e. The average Bonchev–Trinajstić information content (AvgIpc) is 2.40. The van der Waals surface area contributed by atoms with Crippen LogP contribution in [-0.4, -0.2) is 23.6 Å². The molecule has 0 radical (unpaired) electrons. The first-order valence-corrected chi connectivity index (χ1v) is 7.70.